The fourth-order valence-corrected chi connectivity index (χ4v) is 5.48. The SMILES string of the molecule is Clc1cncc(Cl)c1N1CCN(c2nc3c4c(n2)N(Cc2ccccc2)CCC4NN3)CC1. The van der Waals surface area contributed by atoms with Gasteiger partial charge in [0.25, 0.3) is 0 Å². The molecule has 0 aliphatic carbocycles. The summed E-state index contributed by atoms with van der Waals surface area (Å²) in [5, 5.41) is 1.15. The third-order valence-corrected chi connectivity index (χ3v) is 7.09. The Morgan fingerprint density at radius 3 is 2.39 bits per heavy atom. The average Bonchev–Trinajstić information content (AvgIpc) is 3.26. The summed E-state index contributed by atoms with van der Waals surface area (Å²) in [5.41, 5.74) is 9.97. The Labute approximate surface area is 202 Å². The Kier molecular flexibility index (Phi) is 5.36. The van der Waals surface area contributed by atoms with Crippen molar-refractivity contribution in [2.75, 3.05) is 52.8 Å². The van der Waals surface area contributed by atoms with Crippen LogP contribution < -0.4 is 25.6 Å². The summed E-state index contributed by atoms with van der Waals surface area (Å²) in [7, 11) is 0. The molecule has 3 aliphatic heterocycles. The molecular formula is C23H24Cl2N8. The summed E-state index contributed by atoms with van der Waals surface area (Å²) in [6.07, 6.45) is 4.30. The van der Waals surface area contributed by atoms with Gasteiger partial charge in [-0.25, -0.2) is 5.43 Å². The van der Waals surface area contributed by atoms with Gasteiger partial charge >= 0.3 is 0 Å². The zero-order valence-electron chi connectivity index (χ0n) is 18.0. The van der Waals surface area contributed by atoms with Crippen LogP contribution in [0.1, 0.15) is 23.6 Å². The van der Waals surface area contributed by atoms with Crippen molar-refractivity contribution in [1.82, 2.24) is 20.4 Å². The number of anilines is 4. The minimum Gasteiger partial charge on any atom is -0.365 e. The number of aromatic nitrogens is 3. The van der Waals surface area contributed by atoms with Crippen LogP contribution in [-0.2, 0) is 6.54 Å². The number of nitrogens with zero attached hydrogens (tertiary/aromatic N) is 6. The van der Waals surface area contributed by atoms with E-state index < -0.39 is 0 Å². The zero-order valence-corrected chi connectivity index (χ0v) is 19.5. The fourth-order valence-electron chi connectivity index (χ4n) is 4.87. The molecule has 33 heavy (non-hydrogen) atoms. The first-order chi connectivity index (χ1) is 16.2. The molecule has 0 spiro atoms. The van der Waals surface area contributed by atoms with Crippen LogP contribution in [0.2, 0.25) is 10.0 Å². The number of benzene rings is 1. The Hall–Kier alpha value is -2.81. The number of hydrogen-bond donors (Lipinski definition) is 2. The standard InChI is InChI=1S/C23H24Cl2N8/c24-16-12-26-13-17(25)20(16)31-8-10-32(11-9-31)23-27-21-19-18(29-30-21)6-7-33(22(19)28-23)14-15-4-2-1-3-5-15/h1-5,12-13,18,29H,6-11,14H2,(H,27,28,30). The predicted molar refractivity (Wildman–Crippen MR) is 132 cm³/mol. The summed E-state index contributed by atoms with van der Waals surface area (Å²) < 4.78 is 0. The van der Waals surface area contributed by atoms with Gasteiger partial charge in [-0.15, -0.1) is 0 Å². The van der Waals surface area contributed by atoms with Crippen LogP contribution in [0, 0.1) is 0 Å². The molecule has 6 rings (SSSR count). The largest absolute Gasteiger partial charge is 0.365 e. The van der Waals surface area contributed by atoms with Gasteiger partial charge in [0.05, 0.1) is 27.3 Å². The van der Waals surface area contributed by atoms with Gasteiger partial charge in [0.1, 0.15) is 5.82 Å². The highest BCUT2D eigenvalue weighted by atomic mass is 35.5. The molecular weight excluding hydrogens is 459 g/mol. The Morgan fingerprint density at radius 1 is 0.909 bits per heavy atom. The van der Waals surface area contributed by atoms with Crippen molar-refractivity contribution in [3.63, 3.8) is 0 Å². The molecule has 3 aliphatic rings. The molecule has 1 fully saturated rings. The molecule has 0 amide bonds. The van der Waals surface area contributed by atoms with Gasteiger partial charge in [-0.05, 0) is 12.0 Å². The van der Waals surface area contributed by atoms with Gasteiger partial charge in [-0.1, -0.05) is 53.5 Å². The third kappa shape index (κ3) is 3.82. The minimum atomic E-state index is 0.254. The van der Waals surface area contributed by atoms with Crippen molar-refractivity contribution in [3.8, 4) is 0 Å². The van der Waals surface area contributed by atoms with Crippen LogP contribution >= 0.6 is 23.2 Å². The highest BCUT2D eigenvalue weighted by molar-refractivity contribution is 6.38. The van der Waals surface area contributed by atoms with Crippen molar-refractivity contribution in [1.29, 1.82) is 0 Å². The molecule has 2 N–H and O–H groups in total. The maximum Gasteiger partial charge on any atom is 0.229 e. The lowest BCUT2D eigenvalue weighted by molar-refractivity contribution is 0.533. The van der Waals surface area contributed by atoms with Crippen molar-refractivity contribution in [2.24, 2.45) is 0 Å². The van der Waals surface area contributed by atoms with E-state index in [4.69, 9.17) is 33.2 Å². The van der Waals surface area contributed by atoms with Crippen molar-refractivity contribution >= 4 is 46.5 Å². The molecule has 0 bridgehead atoms. The normalized spacial score (nSPS) is 19.5. The van der Waals surface area contributed by atoms with E-state index in [0.29, 0.717) is 10.0 Å². The molecule has 1 atom stereocenters. The summed E-state index contributed by atoms with van der Waals surface area (Å²) in [4.78, 5) is 20.8. The second kappa shape index (κ2) is 8.52. The first-order valence-electron chi connectivity index (χ1n) is 11.2. The zero-order chi connectivity index (χ0) is 22.4. The Morgan fingerprint density at radius 2 is 1.64 bits per heavy atom. The summed E-state index contributed by atoms with van der Waals surface area (Å²) in [6.45, 7) is 4.90. The lowest BCUT2D eigenvalue weighted by Gasteiger charge is -2.38. The van der Waals surface area contributed by atoms with E-state index in [-0.39, 0.29) is 6.04 Å². The molecule has 8 nitrogen and oxygen atoms in total. The smallest absolute Gasteiger partial charge is 0.229 e. The maximum absolute atomic E-state index is 6.37. The molecule has 0 radical (unpaired) electrons. The van der Waals surface area contributed by atoms with E-state index >= 15 is 0 Å². The molecule has 1 aromatic carbocycles. The number of hydrogen-bond acceptors (Lipinski definition) is 8. The quantitative estimate of drug-likeness (QED) is 0.580. The lowest BCUT2D eigenvalue weighted by atomic mass is 10.0. The van der Waals surface area contributed by atoms with E-state index in [1.54, 1.807) is 12.4 Å². The number of halogens is 2. The summed E-state index contributed by atoms with van der Waals surface area (Å²) in [5.74, 6) is 2.67. The molecule has 10 heteroatoms. The van der Waals surface area contributed by atoms with Crippen LogP contribution in [0.25, 0.3) is 0 Å². The van der Waals surface area contributed by atoms with Gasteiger partial charge in [0, 0.05) is 51.7 Å². The molecule has 1 saturated heterocycles. The van der Waals surface area contributed by atoms with E-state index in [2.05, 4.69) is 60.9 Å². The van der Waals surface area contributed by atoms with E-state index in [1.165, 1.54) is 11.1 Å². The highest BCUT2D eigenvalue weighted by Gasteiger charge is 2.35. The topological polar surface area (TPSA) is 72.5 Å². The Balaban J connectivity index is 1.26. The second-order valence-electron chi connectivity index (χ2n) is 8.55. The molecule has 2 aromatic heterocycles. The second-order valence-corrected chi connectivity index (χ2v) is 9.37. The van der Waals surface area contributed by atoms with Gasteiger partial charge in [0.15, 0.2) is 5.82 Å². The molecule has 0 saturated carbocycles. The van der Waals surface area contributed by atoms with E-state index in [0.717, 1.165) is 69.0 Å². The van der Waals surface area contributed by atoms with Gasteiger partial charge in [-0.3, -0.25) is 4.98 Å². The average molecular weight is 483 g/mol. The van der Waals surface area contributed by atoms with Crippen LogP contribution in [0.5, 0.6) is 0 Å². The first-order valence-corrected chi connectivity index (χ1v) is 11.9. The lowest BCUT2D eigenvalue weighted by Crippen LogP contribution is -2.47. The van der Waals surface area contributed by atoms with Crippen LogP contribution in [0.4, 0.5) is 23.3 Å². The summed E-state index contributed by atoms with van der Waals surface area (Å²) in [6, 6.07) is 10.8. The molecule has 3 aromatic rings. The van der Waals surface area contributed by atoms with Crippen molar-refractivity contribution in [3.05, 3.63) is 63.9 Å². The molecule has 5 heterocycles. The first kappa shape index (κ1) is 20.8. The van der Waals surface area contributed by atoms with Gasteiger partial charge in [-0.2, -0.15) is 9.97 Å². The van der Waals surface area contributed by atoms with Gasteiger partial charge in [0.2, 0.25) is 5.95 Å². The number of rotatable bonds is 4. The molecule has 1 unspecified atom stereocenters. The third-order valence-electron chi connectivity index (χ3n) is 6.54. The highest BCUT2D eigenvalue weighted by Crippen LogP contribution is 2.42. The van der Waals surface area contributed by atoms with E-state index in [1.807, 2.05) is 0 Å². The van der Waals surface area contributed by atoms with Gasteiger partial charge < -0.3 is 20.1 Å². The number of hydrazine groups is 1. The monoisotopic (exact) mass is 482 g/mol. The minimum absolute atomic E-state index is 0.254. The summed E-state index contributed by atoms with van der Waals surface area (Å²) >= 11 is 12.7. The number of nitrogens with one attached hydrogen (secondary N) is 2. The van der Waals surface area contributed by atoms with Crippen LogP contribution in [0.15, 0.2) is 42.7 Å². The van der Waals surface area contributed by atoms with Crippen molar-refractivity contribution in [2.45, 2.75) is 19.0 Å². The number of piperazine rings is 1. The number of pyridine rings is 1. The maximum atomic E-state index is 6.37. The van der Waals surface area contributed by atoms with Crippen molar-refractivity contribution < 1.29 is 0 Å². The Bertz CT molecular complexity index is 1150. The van der Waals surface area contributed by atoms with E-state index in [9.17, 15) is 0 Å². The predicted octanol–water partition coefficient (Wildman–Crippen LogP) is 3.89. The molecule has 170 valence electrons. The van der Waals surface area contributed by atoms with Crippen LogP contribution in [-0.4, -0.2) is 47.7 Å². The van der Waals surface area contributed by atoms with Crippen LogP contribution in [0.3, 0.4) is 0 Å². The fraction of sp³-hybridized carbons (Fsp3) is 0.348.